The molecule has 0 aliphatic rings. The smallest absolute Gasteiger partial charge is 0.291 e. The van der Waals surface area contributed by atoms with Gasteiger partial charge in [0.2, 0.25) is 0 Å². The minimum atomic E-state index is -0.492. The van der Waals surface area contributed by atoms with Gasteiger partial charge in [0, 0.05) is 32.4 Å². The highest BCUT2D eigenvalue weighted by molar-refractivity contribution is 6.07. The van der Waals surface area contributed by atoms with Crippen molar-refractivity contribution in [3.8, 4) is 5.75 Å². The van der Waals surface area contributed by atoms with Crippen molar-refractivity contribution in [2.45, 2.75) is 39.3 Å². The van der Waals surface area contributed by atoms with Crippen LogP contribution in [-0.4, -0.2) is 31.4 Å². The van der Waals surface area contributed by atoms with E-state index in [4.69, 9.17) is 9.15 Å². The predicted molar refractivity (Wildman–Crippen MR) is 134 cm³/mol. The number of nitrogens with one attached hydrogen (secondary N) is 2. The number of hydrogen-bond donors (Lipinski definition) is 2. The first-order valence-corrected chi connectivity index (χ1v) is 11.7. The zero-order valence-corrected chi connectivity index (χ0v) is 20.8. The van der Waals surface area contributed by atoms with E-state index >= 15 is 0 Å². The van der Waals surface area contributed by atoms with E-state index in [0.29, 0.717) is 18.2 Å². The maximum absolute atomic E-state index is 12.8. The number of carbonyl (C=O) groups excluding carboxylic acids is 2. The van der Waals surface area contributed by atoms with Crippen molar-refractivity contribution < 1.29 is 18.7 Å². The van der Waals surface area contributed by atoms with Crippen LogP contribution in [0.5, 0.6) is 5.75 Å². The Balaban J connectivity index is 1.34. The Hall–Kier alpha value is -4.34. The molecule has 1 unspecified atom stereocenters. The number of hydrogen-bond acceptors (Lipinski definition) is 6. The van der Waals surface area contributed by atoms with Crippen molar-refractivity contribution in [1.82, 2.24) is 24.9 Å². The van der Waals surface area contributed by atoms with E-state index in [-0.39, 0.29) is 29.7 Å². The van der Waals surface area contributed by atoms with Gasteiger partial charge < -0.3 is 19.8 Å². The van der Waals surface area contributed by atoms with Crippen molar-refractivity contribution >= 4 is 17.5 Å². The van der Waals surface area contributed by atoms with E-state index in [9.17, 15) is 9.59 Å². The molecule has 4 aromatic rings. The van der Waals surface area contributed by atoms with Gasteiger partial charge in [-0.1, -0.05) is 26.0 Å². The maximum atomic E-state index is 12.8. The molecule has 1 aromatic carbocycles. The van der Waals surface area contributed by atoms with Crippen molar-refractivity contribution in [3.63, 3.8) is 0 Å². The predicted octanol–water partition coefficient (Wildman–Crippen LogP) is 4.02. The van der Waals surface area contributed by atoms with Crippen molar-refractivity contribution in [2.75, 3.05) is 5.32 Å². The molecule has 0 radical (unpaired) electrons. The second-order valence-electron chi connectivity index (χ2n) is 8.62. The molecule has 4 rings (SSSR count). The van der Waals surface area contributed by atoms with Crippen molar-refractivity contribution in [3.05, 3.63) is 83.3 Å². The summed E-state index contributed by atoms with van der Waals surface area (Å²) in [6, 6.07) is 11.2. The summed E-state index contributed by atoms with van der Waals surface area (Å²) < 4.78 is 14.5. The molecular weight excluding hydrogens is 460 g/mol. The highest BCUT2D eigenvalue weighted by Gasteiger charge is 2.21. The van der Waals surface area contributed by atoms with Crippen LogP contribution in [-0.2, 0) is 27.2 Å². The summed E-state index contributed by atoms with van der Waals surface area (Å²) in [4.78, 5) is 25.5. The van der Waals surface area contributed by atoms with Crippen LogP contribution in [0.25, 0.3) is 0 Å². The Morgan fingerprint density at radius 2 is 1.83 bits per heavy atom. The van der Waals surface area contributed by atoms with Crippen LogP contribution in [0.2, 0.25) is 0 Å². The number of amides is 2. The van der Waals surface area contributed by atoms with E-state index in [1.165, 1.54) is 16.4 Å². The molecule has 0 spiro atoms. The highest BCUT2D eigenvalue weighted by Crippen LogP contribution is 2.22. The first-order chi connectivity index (χ1) is 17.3. The van der Waals surface area contributed by atoms with Gasteiger partial charge in [-0.3, -0.25) is 19.0 Å². The molecule has 10 heteroatoms. The summed E-state index contributed by atoms with van der Waals surface area (Å²) in [5, 5.41) is 13.7. The zero-order chi connectivity index (χ0) is 25.7. The molecule has 2 N–H and O–H groups in total. The number of aromatic nitrogens is 4. The molecule has 10 nitrogen and oxygen atoms in total. The third kappa shape index (κ3) is 5.83. The SMILES string of the molecule is CCC(C)c1ccc(OCc2ccc(C(=O)Nc3cnn(C)c3C(=O)NCc3cnn(C)c3)o2)cc1. The second-order valence-corrected chi connectivity index (χ2v) is 8.62. The molecular formula is C26H30N6O4. The van der Waals surface area contributed by atoms with Crippen LogP contribution >= 0.6 is 0 Å². The lowest BCUT2D eigenvalue weighted by Crippen LogP contribution is -2.26. The topological polar surface area (TPSA) is 116 Å². The standard InChI is InChI=1S/C26H30N6O4/c1-5-17(2)19-6-8-20(9-7-19)35-16-21-10-11-23(36-21)25(33)30-22-14-29-32(4)24(22)26(34)27-12-18-13-28-31(3)15-18/h6-11,13-15,17H,5,12,16H2,1-4H3,(H,27,34)(H,30,33). The lowest BCUT2D eigenvalue weighted by molar-refractivity contribution is 0.0942. The number of aryl methyl sites for hydroxylation is 2. The summed E-state index contributed by atoms with van der Waals surface area (Å²) in [5.41, 5.74) is 2.63. The number of benzene rings is 1. The van der Waals surface area contributed by atoms with E-state index in [0.717, 1.165) is 17.7 Å². The molecule has 0 saturated heterocycles. The maximum Gasteiger partial charge on any atom is 0.291 e. The van der Waals surface area contributed by atoms with Crippen LogP contribution in [0.4, 0.5) is 5.69 Å². The fourth-order valence-corrected chi connectivity index (χ4v) is 3.67. The first-order valence-electron chi connectivity index (χ1n) is 11.7. The van der Waals surface area contributed by atoms with Gasteiger partial charge in [-0.15, -0.1) is 0 Å². The van der Waals surface area contributed by atoms with Gasteiger partial charge in [-0.05, 0) is 42.2 Å². The fraction of sp³-hybridized carbons (Fsp3) is 0.308. The average Bonchev–Trinajstić information content (AvgIpc) is 3.61. The summed E-state index contributed by atoms with van der Waals surface area (Å²) in [6.07, 6.45) is 5.99. The van der Waals surface area contributed by atoms with Crippen LogP contribution < -0.4 is 15.4 Å². The molecule has 0 saturated carbocycles. The Morgan fingerprint density at radius 3 is 2.53 bits per heavy atom. The Morgan fingerprint density at radius 1 is 1.06 bits per heavy atom. The number of rotatable bonds is 10. The third-order valence-electron chi connectivity index (χ3n) is 5.94. The van der Waals surface area contributed by atoms with Gasteiger partial charge >= 0.3 is 0 Å². The van der Waals surface area contributed by atoms with E-state index in [1.54, 1.807) is 37.1 Å². The van der Waals surface area contributed by atoms with Crippen LogP contribution in [0.1, 0.15) is 64.1 Å². The summed E-state index contributed by atoms with van der Waals surface area (Å²) in [7, 11) is 3.43. The van der Waals surface area contributed by atoms with Crippen LogP contribution in [0, 0.1) is 0 Å². The zero-order valence-electron chi connectivity index (χ0n) is 20.8. The van der Waals surface area contributed by atoms with Crippen LogP contribution in [0.3, 0.4) is 0 Å². The minimum absolute atomic E-state index is 0.103. The second kappa shape index (κ2) is 10.9. The molecule has 0 fully saturated rings. The highest BCUT2D eigenvalue weighted by atomic mass is 16.5. The Bertz CT molecular complexity index is 1330. The Labute approximate surface area is 209 Å². The summed E-state index contributed by atoms with van der Waals surface area (Å²) in [6.45, 7) is 4.83. The summed E-state index contributed by atoms with van der Waals surface area (Å²) in [5.74, 6) is 0.966. The molecule has 3 heterocycles. The van der Waals surface area contributed by atoms with Crippen molar-refractivity contribution in [1.29, 1.82) is 0 Å². The minimum Gasteiger partial charge on any atom is -0.486 e. The van der Waals surface area contributed by atoms with Gasteiger partial charge in [0.1, 0.15) is 23.8 Å². The monoisotopic (exact) mass is 490 g/mol. The quantitative estimate of drug-likeness (QED) is 0.347. The van der Waals surface area contributed by atoms with Gasteiger partial charge in [0.05, 0.1) is 18.1 Å². The first kappa shape index (κ1) is 24.8. The van der Waals surface area contributed by atoms with Crippen LogP contribution in [0.15, 0.2) is 59.4 Å². The number of furan rings is 1. The molecule has 0 bridgehead atoms. The van der Waals surface area contributed by atoms with Gasteiger partial charge in [-0.2, -0.15) is 10.2 Å². The fourth-order valence-electron chi connectivity index (χ4n) is 3.67. The van der Waals surface area contributed by atoms with Gasteiger partial charge in [0.15, 0.2) is 5.76 Å². The number of carbonyl (C=O) groups is 2. The molecule has 0 aliphatic carbocycles. The van der Waals surface area contributed by atoms with Gasteiger partial charge in [-0.25, -0.2) is 0 Å². The third-order valence-corrected chi connectivity index (χ3v) is 5.94. The molecule has 36 heavy (non-hydrogen) atoms. The summed E-state index contributed by atoms with van der Waals surface area (Å²) >= 11 is 0. The number of ether oxygens (including phenoxy) is 1. The number of nitrogens with zero attached hydrogens (tertiary/aromatic N) is 4. The van der Waals surface area contributed by atoms with Crippen molar-refractivity contribution in [2.24, 2.45) is 14.1 Å². The van der Waals surface area contributed by atoms with E-state index < -0.39 is 5.91 Å². The molecule has 0 aliphatic heterocycles. The Kier molecular flexibility index (Phi) is 7.53. The molecule has 2 amide bonds. The largest absolute Gasteiger partial charge is 0.486 e. The average molecular weight is 491 g/mol. The van der Waals surface area contributed by atoms with E-state index in [1.807, 2.05) is 18.3 Å². The van der Waals surface area contributed by atoms with Gasteiger partial charge in [0.25, 0.3) is 11.8 Å². The number of anilines is 1. The normalized spacial score (nSPS) is 11.8. The lowest BCUT2D eigenvalue weighted by Gasteiger charge is -2.10. The molecule has 3 aromatic heterocycles. The van der Waals surface area contributed by atoms with E-state index in [2.05, 4.69) is 46.8 Å². The molecule has 1 atom stereocenters. The molecule has 188 valence electrons. The lowest BCUT2D eigenvalue weighted by atomic mass is 9.99.